The maximum atomic E-state index is 12.4. The zero-order valence-corrected chi connectivity index (χ0v) is 12.3. The number of hydrogen-bond acceptors (Lipinski definition) is 6. The highest BCUT2D eigenvalue weighted by Gasteiger charge is 2.32. The van der Waals surface area contributed by atoms with Crippen molar-refractivity contribution >= 4 is 11.5 Å². The first-order valence-corrected chi connectivity index (χ1v) is 6.78. The molecule has 3 rings (SSSR count). The molecular formula is C14H9F3N4O4. The van der Waals surface area contributed by atoms with Gasteiger partial charge in [0, 0.05) is 18.0 Å². The van der Waals surface area contributed by atoms with Crippen LogP contribution in [0.3, 0.4) is 0 Å². The highest BCUT2D eigenvalue weighted by atomic mass is 19.4. The maximum absolute atomic E-state index is 12.4. The molecule has 11 heteroatoms. The van der Waals surface area contributed by atoms with Gasteiger partial charge in [0.05, 0.1) is 0 Å². The Bertz CT molecular complexity index is 926. The van der Waals surface area contributed by atoms with Crippen molar-refractivity contribution in [2.75, 3.05) is 0 Å². The predicted octanol–water partition coefficient (Wildman–Crippen LogP) is 3.12. The Morgan fingerprint density at radius 2 is 2.04 bits per heavy atom. The molecule has 0 aliphatic carbocycles. The van der Waals surface area contributed by atoms with Crippen LogP contribution >= 0.6 is 0 Å². The summed E-state index contributed by atoms with van der Waals surface area (Å²) in [6.45, 7) is -0.292. The van der Waals surface area contributed by atoms with Crippen LogP contribution in [0.5, 0.6) is 11.6 Å². The number of alkyl halides is 3. The zero-order chi connectivity index (χ0) is 18.0. The van der Waals surface area contributed by atoms with Crippen LogP contribution in [-0.4, -0.2) is 25.7 Å². The second kappa shape index (κ2) is 6.26. The van der Waals surface area contributed by atoms with Gasteiger partial charge >= 0.3 is 17.8 Å². The zero-order valence-electron chi connectivity index (χ0n) is 12.3. The molecule has 0 saturated heterocycles. The first-order chi connectivity index (χ1) is 11.8. The Hall–Kier alpha value is -3.37. The van der Waals surface area contributed by atoms with E-state index in [-0.39, 0.29) is 23.7 Å². The van der Waals surface area contributed by atoms with Crippen molar-refractivity contribution in [1.82, 2.24) is 14.4 Å². The SMILES string of the molecule is O=[N+]([O-])c1cn2ccnc(OCc3ccccc3OC(F)(F)F)c2n1. The lowest BCUT2D eigenvalue weighted by Crippen LogP contribution is -2.18. The summed E-state index contributed by atoms with van der Waals surface area (Å²) >= 11 is 0. The van der Waals surface area contributed by atoms with Crippen molar-refractivity contribution in [1.29, 1.82) is 0 Å². The van der Waals surface area contributed by atoms with E-state index in [1.54, 1.807) is 0 Å². The Labute approximate surface area is 137 Å². The molecule has 0 saturated carbocycles. The molecule has 8 nitrogen and oxygen atoms in total. The van der Waals surface area contributed by atoms with Crippen LogP contribution < -0.4 is 9.47 Å². The average molecular weight is 354 g/mol. The molecule has 0 amide bonds. The Morgan fingerprint density at radius 3 is 2.76 bits per heavy atom. The molecule has 0 aliphatic rings. The number of ether oxygens (including phenoxy) is 2. The van der Waals surface area contributed by atoms with Gasteiger partial charge in [-0.05, 0) is 16.0 Å². The van der Waals surface area contributed by atoms with E-state index in [1.165, 1.54) is 41.2 Å². The number of rotatable bonds is 5. The highest BCUT2D eigenvalue weighted by molar-refractivity contribution is 5.52. The number of hydrogen-bond donors (Lipinski definition) is 0. The van der Waals surface area contributed by atoms with E-state index in [1.807, 2.05) is 0 Å². The molecule has 0 aliphatic heterocycles. The lowest BCUT2D eigenvalue weighted by molar-refractivity contribution is -0.389. The largest absolute Gasteiger partial charge is 0.573 e. The first-order valence-electron chi connectivity index (χ1n) is 6.78. The van der Waals surface area contributed by atoms with Crippen molar-refractivity contribution in [3.63, 3.8) is 0 Å². The number of nitrogens with zero attached hydrogens (tertiary/aromatic N) is 4. The molecule has 130 valence electrons. The monoisotopic (exact) mass is 354 g/mol. The van der Waals surface area contributed by atoms with Gasteiger partial charge in [0.1, 0.15) is 18.6 Å². The molecule has 0 N–H and O–H groups in total. The van der Waals surface area contributed by atoms with E-state index in [0.717, 1.165) is 6.07 Å². The van der Waals surface area contributed by atoms with E-state index in [9.17, 15) is 23.3 Å². The predicted molar refractivity (Wildman–Crippen MR) is 77.1 cm³/mol. The van der Waals surface area contributed by atoms with Gasteiger partial charge in [-0.1, -0.05) is 18.2 Å². The molecule has 2 aromatic heterocycles. The van der Waals surface area contributed by atoms with Crippen LogP contribution in [0.15, 0.2) is 42.9 Å². The fraction of sp³-hybridized carbons (Fsp3) is 0.143. The van der Waals surface area contributed by atoms with Crippen LogP contribution in [0, 0.1) is 10.1 Å². The summed E-state index contributed by atoms with van der Waals surface area (Å²) in [6, 6.07) is 5.47. The minimum atomic E-state index is -4.84. The van der Waals surface area contributed by atoms with Crippen molar-refractivity contribution in [2.45, 2.75) is 13.0 Å². The fourth-order valence-corrected chi connectivity index (χ4v) is 2.07. The molecule has 0 fully saturated rings. The quantitative estimate of drug-likeness (QED) is 0.516. The lowest BCUT2D eigenvalue weighted by Gasteiger charge is -2.13. The highest BCUT2D eigenvalue weighted by Crippen LogP contribution is 2.27. The number of imidazole rings is 1. The number of para-hydroxylation sites is 1. The van der Waals surface area contributed by atoms with Gasteiger partial charge in [0.15, 0.2) is 0 Å². The number of benzene rings is 1. The van der Waals surface area contributed by atoms with Gasteiger partial charge in [-0.2, -0.15) is 0 Å². The molecule has 1 aromatic carbocycles. The third-order valence-corrected chi connectivity index (χ3v) is 3.08. The minimum absolute atomic E-state index is 0.0580. The summed E-state index contributed by atoms with van der Waals surface area (Å²) in [5, 5.41) is 10.8. The molecule has 0 atom stereocenters. The van der Waals surface area contributed by atoms with E-state index >= 15 is 0 Å². The summed E-state index contributed by atoms with van der Waals surface area (Å²) in [5.41, 5.74) is 0.202. The molecule has 3 aromatic rings. The second-order valence-corrected chi connectivity index (χ2v) is 4.76. The minimum Gasteiger partial charge on any atom is -0.468 e. The number of fused-ring (bicyclic) bond motifs is 1. The van der Waals surface area contributed by atoms with E-state index in [4.69, 9.17) is 4.74 Å². The topological polar surface area (TPSA) is 91.8 Å². The smallest absolute Gasteiger partial charge is 0.468 e. The van der Waals surface area contributed by atoms with Gasteiger partial charge in [0.2, 0.25) is 0 Å². The van der Waals surface area contributed by atoms with E-state index in [0.29, 0.717) is 0 Å². The third kappa shape index (κ3) is 3.76. The second-order valence-electron chi connectivity index (χ2n) is 4.76. The number of nitro groups is 1. The van der Waals surface area contributed by atoms with Gasteiger partial charge in [0.25, 0.3) is 5.88 Å². The van der Waals surface area contributed by atoms with Crippen LogP contribution in [0.25, 0.3) is 5.65 Å². The summed E-state index contributed by atoms with van der Waals surface area (Å²) in [6.07, 6.45) is -0.905. The maximum Gasteiger partial charge on any atom is 0.573 e. The summed E-state index contributed by atoms with van der Waals surface area (Å²) < 4.78 is 47.9. The van der Waals surface area contributed by atoms with Gasteiger partial charge < -0.3 is 19.6 Å². The van der Waals surface area contributed by atoms with Gasteiger partial charge in [-0.15, -0.1) is 13.2 Å². The Kier molecular flexibility index (Phi) is 4.13. The van der Waals surface area contributed by atoms with Crippen LogP contribution in [-0.2, 0) is 6.61 Å². The van der Waals surface area contributed by atoms with Crippen molar-refractivity contribution < 1.29 is 27.6 Å². The molecule has 0 spiro atoms. The normalized spacial score (nSPS) is 11.5. The molecular weight excluding hydrogens is 345 g/mol. The molecule has 0 unspecified atom stereocenters. The fourth-order valence-electron chi connectivity index (χ4n) is 2.07. The van der Waals surface area contributed by atoms with Crippen LogP contribution in [0.2, 0.25) is 0 Å². The molecule has 0 bridgehead atoms. The molecule has 25 heavy (non-hydrogen) atoms. The van der Waals surface area contributed by atoms with Gasteiger partial charge in [-0.25, -0.2) is 4.98 Å². The first kappa shape index (κ1) is 16.5. The summed E-state index contributed by atoms with van der Waals surface area (Å²) in [7, 11) is 0. The van der Waals surface area contributed by atoms with Crippen LogP contribution in [0.1, 0.15) is 5.56 Å². The van der Waals surface area contributed by atoms with Gasteiger partial charge in [-0.3, -0.25) is 4.40 Å². The van der Waals surface area contributed by atoms with Crippen molar-refractivity contribution in [3.05, 3.63) is 58.5 Å². The lowest BCUT2D eigenvalue weighted by atomic mass is 10.2. The molecule has 2 heterocycles. The van der Waals surface area contributed by atoms with Crippen molar-refractivity contribution in [3.8, 4) is 11.6 Å². The summed E-state index contributed by atoms with van der Waals surface area (Å²) in [5.74, 6) is -0.868. The summed E-state index contributed by atoms with van der Waals surface area (Å²) in [4.78, 5) is 17.8. The Balaban J connectivity index is 1.85. The van der Waals surface area contributed by atoms with Crippen LogP contribution in [0.4, 0.5) is 19.0 Å². The Morgan fingerprint density at radius 1 is 1.28 bits per heavy atom. The molecule has 0 radical (unpaired) electrons. The number of halogens is 3. The third-order valence-electron chi connectivity index (χ3n) is 3.08. The van der Waals surface area contributed by atoms with E-state index < -0.39 is 22.9 Å². The number of aromatic nitrogens is 3. The van der Waals surface area contributed by atoms with Crippen molar-refractivity contribution in [2.24, 2.45) is 0 Å². The average Bonchev–Trinajstić information content (AvgIpc) is 2.97. The van der Waals surface area contributed by atoms with E-state index in [2.05, 4.69) is 14.7 Å². The standard InChI is InChI=1S/C14H9F3N4O4/c15-14(16,17)25-10-4-2-1-3-9(10)8-24-13-12-19-11(21(22)23)7-20(12)6-5-18-13/h1-7H,8H2.